The van der Waals surface area contributed by atoms with Crippen LogP contribution in [0.1, 0.15) is 18.1 Å². The molecule has 0 fully saturated rings. The van der Waals surface area contributed by atoms with Crippen LogP contribution < -0.4 is 20.2 Å². The quantitative estimate of drug-likeness (QED) is 0.403. The van der Waals surface area contributed by atoms with Gasteiger partial charge in [-0.15, -0.1) is 0 Å². The molecule has 0 heterocycles. The van der Waals surface area contributed by atoms with Crippen LogP contribution in [-0.2, 0) is 6.61 Å². The fraction of sp³-hybridized carbons (Fsp3) is 0.222. The fourth-order valence-corrected chi connectivity index (χ4v) is 2.82. The number of thiocarbonyl (C=S) groups is 1. The molecule has 0 saturated heterocycles. The van der Waals surface area contributed by atoms with Gasteiger partial charge in [0.2, 0.25) is 0 Å². The van der Waals surface area contributed by atoms with Crippen LogP contribution in [0.2, 0.25) is 0 Å². The van der Waals surface area contributed by atoms with Crippen LogP contribution in [0, 0.1) is 0 Å². The van der Waals surface area contributed by atoms with Crippen molar-refractivity contribution in [1.29, 1.82) is 0 Å². The van der Waals surface area contributed by atoms with Crippen LogP contribution in [-0.4, -0.2) is 25.0 Å². The number of hydrogen-bond acceptors (Lipinski definition) is 4. The second kappa shape index (κ2) is 10.0. The number of methoxy groups -OCH3 is 1. The maximum Gasteiger partial charge on any atom is 0.186 e. The van der Waals surface area contributed by atoms with E-state index in [1.165, 1.54) is 0 Å². The first-order valence-electron chi connectivity index (χ1n) is 7.75. The third-order valence-corrected chi connectivity index (χ3v) is 4.02. The molecule has 5 nitrogen and oxygen atoms in total. The number of nitrogens with zero attached hydrogens (tertiary/aromatic N) is 1. The topological polar surface area (TPSA) is 54.9 Å². The van der Waals surface area contributed by atoms with Crippen LogP contribution in [0.15, 0.2) is 52.0 Å². The van der Waals surface area contributed by atoms with E-state index < -0.39 is 0 Å². The molecule has 7 heteroatoms. The van der Waals surface area contributed by atoms with E-state index in [0.717, 1.165) is 22.1 Å². The summed E-state index contributed by atoms with van der Waals surface area (Å²) in [7, 11) is 1.61. The van der Waals surface area contributed by atoms with Crippen LogP contribution in [0.25, 0.3) is 0 Å². The molecule has 2 aromatic carbocycles. The molecule has 2 N–H and O–H groups in total. The molecule has 0 aliphatic rings. The summed E-state index contributed by atoms with van der Waals surface area (Å²) in [5.41, 5.74) is 4.69. The highest BCUT2D eigenvalue weighted by Gasteiger charge is 2.11. The molecule has 0 spiro atoms. The van der Waals surface area contributed by atoms with E-state index in [2.05, 4.69) is 31.8 Å². The predicted octanol–water partition coefficient (Wildman–Crippen LogP) is 3.85. The minimum absolute atomic E-state index is 0.460. The first-order chi connectivity index (χ1) is 12.1. The van der Waals surface area contributed by atoms with E-state index in [9.17, 15) is 0 Å². The van der Waals surface area contributed by atoms with E-state index in [0.29, 0.717) is 23.2 Å². The molecule has 0 aliphatic carbocycles. The van der Waals surface area contributed by atoms with Gasteiger partial charge in [-0.2, -0.15) is 5.10 Å². The number of nitrogens with one attached hydrogen (secondary N) is 2. The number of rotatable bonds is 7. The lowest BCUT2D eigenvalue weighted by Gasteiger charge is -2.13. The van der Waals surface area contributed by atoms with Crippen LogP contribution in [0.4, 0.5) is 0 Å². The van der Waals surface area contributed by atoms with Gasteiger partial charge in [0.25, 0.3) is 0 Å². The van der Waals surface area contributed by atoms with E-state index >= 15 is 0 Å². The minimum atomic E-state index is 0.460. The molecule has 0 radical (unpaired) electrons. The molecule has 0 amide bonds. The summed E-state index contributed by atoms with van der Waals surface area (Å²) in [4.78, 5) is 0. The van der Waals surface area contributed by atoms with Gasteiger partial charge >= 0.3 is 0 Å². The summed E-state index contributed by atoms with van der Waals surface area (Å²) in [6.45, 7) is 3.17. The second-order valence-electron chi connectivity index (χ2n) is 5.04. The Morgan fingerprint density at radius 2 is 2.04 bits per heavy atom. The van der Waals surface area contributed by atoms with Crippen molar-refractivity contribution >= 4 is 39.5 Å². The Morgan fingerprint density at radius 3 is 2.72 bits per heavy atom. The molecule has 0 saturated carbocycles. The zero-order valence-electron chi connectivity index (χ0n) is 14.1. The Kier molecular flexibility index (Phi) is 7.69. The minimum Gasteiger partial charge on any atom is -0.493 e. The third-order valence-electron chi connectivity index (χ3n) is 3.19. The van der Waals surface area contributed by atoms with Gasteiger partial charge < -0.3 is 14.8 Å². The highest BCUT2D eigenvalue weighted by atomic mass is 79.9. The zero-order chi connectivity index (χ0) is 18.1. The first-order valence-corrected chi connectivity index (χ1v) is 8.95. The van der Waals surface area contributed by atoms with Crippen LogP contribution in [0.3, 0.4) is 0 Å². The van der Waals surface area contributed by atoms with Gasteiger partial charge in [-0.1, -0.05) is 30.3 Å². The smallest absolute Gasteiger partial charge is 0.186 e. The van der Waals surface area contributed by atoms with Crippen molar-refractivity contribution in [3.05, 3.63) is 58.1 Å². The van der Waals surface area contributed by atoms with Gasteiger partial charge in [0.1, 0.15) is 6.61 Å². The molecular weight excluding hydrogens is 402 g/mol. The molecular formula is C18H20BrN3O2S. The van der Waals surface area contributed by atoms with E-state index in [1.807, 2.05) is 49.4 Å². The van der Waals surface area contributed by atoms with Gasteiger partial charge in [0.05, 0.1) is 17.8 Å². The van der Waals surface area contributed by atoms with Crippen molar-refractivity contribution in [2.24, 2.45) is 5.10 Å². The summed E-state index contributed by atoms with van der Waals surface area (Å²) in [6, 6.07) is 13.7. The van der Waals surface area contributed by atoms with Crippen LogP contribution >= 0.6 is 28.1 Å². The number of benzene rings is 2. The fourth-order valence-electron chi connectivity index (χ4n) is 2.05. The molecule has 0 aliphatic heterocycles. The molecule has 0 bridgehead atoms. The number of halogens is 1. The Balaban J connectivity index is 2.09. The summed E-state index contributed by atoms with van der Waals surface area (Å²) in [5.74, 6) is 1.28. The highest BCUT2D eigenvalue weighted by Crippen LogP contribution is 2.36. The lowest BCUT2D eigenvalue weighted by Crippen LogP contribution is -2.31. The summed E-state index contributed by atoms with van der Waals surface area (Å²) < 4.78 is 12.1. The standard InChI is InChI=1S/C18H20BrN3O2S/c1-3-20-18(25)22-21-11-14-9-15(19)17(16(10-14)23-2)24-12-13-7-5-4-6-8-13/h4-11H,3,12H2,1-2H3,(H2,20,22,25)/b21-11-. The van der Waals surface area contributed by atoms with Gasteiger partial charge in [-0.3, -0.25) is 5.43 Å². The molecule has 2 aromatic rings. The molecule has 2 rings (SSSR count). The predicted molar refractivity (Wildman–Crippen MR) is 108 cm³/mol. The monoisotopic (exact) mass is 421 g/mol. The van der Waals surface area contributed by atoms with Crippen LogP contribution in [0.5, 0.6) is 11.5 Å². The molecule has 0 aromatic heterocycles. The van der Waals surface area contributed by atoms with Gasteiger partial charge in [-0.05, 0) is 58.3 Å². The van der Waals surface area contributed by atoms with Crippen molar-refractivity contribution in [2.45, 2.75) is 13.5 Å². The van der Waals surface area contributed by atoms with Crippen molar-refractivity contribution in [1.82, 2.24) is 10.7 Å². The molecule has 0 unspecified atom stereocenters. The summed E-state index contributed by atoms with van der Waals surface area (Å²) in [5, 5.41) is 7.54. The maximum absolute atomic E-state index is 5.91. The zero-order valence-corrected chi connectivity index (χ0v) is 16.5. The number of hydrogen-bond donors (Lipinski definition) is 2. The normalized spacial score (nSPS) is 10.5. The van der Waals surface area contributed by atoms with Crippen molar-refractivity contribution in [3.63, 3.8) is 0 Å². The largest absolute Gasteiger partial charge is 0.493 e. The van der Waals surface area contributed by atoms with Gasteiger partial charge in [-0.25, -0.2) is 0 Å². The van der Waals surface area contributed by atoms with Gasteiger partial charge in [0, 0.05) is 6.54 Å². The number of ether oxygens (including phenoxy) is 2. The molecule has 0 atom stereocenters. The summed E-state index contributed by atoms with van der Waals surface area (Å²) >= 11 is 8.59. The lowest BCUT2D eigenvalue weighted by atomic mass is 10.2. The van der Waals surface area contributed by atoms with E-state index in [-0.39, 0.29) is 0 Å². The second-order valence-corrected chi connectivity index (χ2v) is 6.30. The summed E-state index contributed by atoms with van der Waals surface area (Å²) in [6.07, 6.45) is 1.66. The van der Waals surface area contributed by atoms with E-state index in [4.69, 9.17) is 21.7 Å². The van der Waals surface area contributed by atoms with Crippen molar-refractivity contribution in [2.75, 3.05) is 13.7 Å². The molecule has 132 valence electrons. The maximum atomic E-state index is 5.91. The Hall–Kier alpha value is -2.12. The Bertz CT molecular complexity index is 739. The Labute approximate surface area is 161 Å². The van der Waals surface area contributed by atoms with Gasteiger partial charge in [0.15, 0.2) is 16.6 Å². The number of hydrazone groups is 1. The van der Waals surface area contributed by atoms with E-state index in [1.54, 1.807) is 13.3 Å². The average molecular weight is 422 g/mol. The molecule has 25 heavy (non-hydrogen) atoms. The lowest BCUT2D eigenvalue weighted by molar-refractivity contribution is 0.282. The van der Waals surface area contributed by atoms with Crippen molar-refractivity contribution < 1.29 is 9.47 Å². The average Bonchev–Trinajstić information content (AvgIpc) is 2.61. The third kappa shape index (κ3) is 6.03. The first kappa shape index (κ1) is 19.2. The van der Waals surface area contributed by atoms with Crippen molar-refractivity contribution in [3.8, 4) is 11.5 Å². The highest BCUT2D eigenvalue weighted by molar-refractivity contribution is 9.10. The Morgan fingerprint density at radius 1 is 1.28 bits per heavy atom. The SMILES string of the molecule is CCNC(=S)N/N=C\c1cc(Br)c(OCc2ccccc2)c(OC)c1.